The van der Waals surface area contributed by atoms with Crippen LogP contribution in [-0.4, -0.2) is 24.0 Å². The Labute approximate surface area is 90.1 Å². The lowest BCUT2D eigenvalue weighted by Gasteiger charge is -2.16. The van der Waals surface area contributed by atoms with Crippen LogP contribution in [0.25, 0.3) is 0 Å². The molecule has 2 amide bonds. The van der Waals surface area contributed by atoms with Gasteiger partial charge >= 0.3 is 6.03 Å². The molecule has 0 aromatic heterocycles. The lowest BCUT2D eigenvalue weighted by atomic mass is 10.2. The van der Waals surface area contributed by atoms with Crippen molar-refractivity contribution in [1.29, 1.82) is 0 Å². The summed E-state index contributed by atoms with van der Waals surface area (Å²) in [5, 5.41) is 2.90. The van der Waals surface area contributed by atoms with Crippen molar-refractivity contribution in [1.82, 2.24) is 4.90 Å². The number of carbonyl (C=O) groups is 1. The number of rotatable bonds is 1. The van der Waals surface area contributed by atoms with Gasteiger partial charge in [-0.1, -0.05) is 17.7 Å². The molecule has 3 heteroatoms. The first-order valence-corrected chi connectivity index (χ1v) is 5.38. The van der Waals surface area contributed by atoms with E-state index in [1.165, 1.54) is 5.56 Å². The number of urea groups is 1. The highest BCUT2D eigenvalue weighted by molar-refractivity contribution is 5.89. The SMILES string of the molecule is Cc1ccc(NC(=O)N2CCCC2)cc1. The lowest BCUT2D eigenvalue weighted by molar-refractivity contribution is 0.222. The monoisotopic (exact) mass is 204 g/mol. The largest absolute Gasteiger partial charge is 0.325 e. The van der Waals surface area contributed by atoms with Gasteiger partial charge in [-0.2, -0.15) is 0 Å². The molecule has 0 aliphatic carbocycles. The Hall–Kier alpha value is -1.51. The second-order valence-corrected chi connectivity index (χ2v) is 3.99. The van der Waals surface area contributed by atoms with Gasteiger partial charge in [0, 0.05) is 18.8 Å². The summed E-state index contributed by atoms with van der Waals surface area (Å²) in [7, 11) is 0. The zero-order chi connectivity index (χ0) is 10.7. The first-order valence-electron chi connectivity index (χ1n) is 5.38. The average Bonchev–Trinajstić information content (AvgIpc) is 2.74. The van der Waals surface area contributed by atoms with E-state index >= 15 is 0 Å². The van der Waals surface area contributed by atoms with Gasteiger partial charge in [0.05, 0.1) is 0 Å². The van der Waals surface area contributed by atoms with E-state index in [1.807, 2.05) is 36.1 Å². The van der Waals surface area contributed by atoms with E-state index in [1.54, 1.807) is 0 Å². The smallest absolute Gasteiger partial charge is 0.321 e. The van der Waals surface area contributed by atoms with E-state index in [9.17, 15) is 4.79 Å². The van der Waals surface area contributed by atoms with Crippen LogP contribution in [0.2, 0.25) is 0 Å². The number of likely N-dealkylation sites (tertiary alicyclic amines) is 1. The van der Waals surface area contributed by atoms with Gasteiger partial charge in [-0.05, 0) is 31.9 Å². The van der Waals surface area contributed by atoms with Gasteiger partial charge in [0.1, 0.15) is 0 Å². The fourth-order valence-corrected chi connectivity index (χ4v) is 1.76. The van der Waals surface area contributed by atoms with E-state index in [0.717, 1.165) is 31.6 Å². The Balaban J connectivity index is 1.96. The zero-order valence-electron chi connectivity index (χ0n) is 8.99. The van der Waals surface area contributed by atoms with Gasteiger partial charge in [0.2, 0.25) is 0 Å². The molecule has 1 aromatic carbocycles. The third-order valence-corrected chi connectivity index (χ3v) is 2.70. The number of nitrogens with zero attached hydrogens (tertiary/aromatic N) is 1. The van der Waals surface area contributed by atoms with Crippen molar-refractivity contribution < 1.29 is 4.79 Å². The first-order chi connectivity index (χ1) is 7.25. The summed E-state index contributed by atoms with van der Waals surface area (Å²) in [6.45, 7) is 3.81. The van der Waals surface area contributed by atoms with Crippen LogP contribution in [-0.2, 0) is 0 Å². The molecule has 0 bridgehead atoms. The van der Waals surface area contributed by atoms with Crippen molar-refractivity contribution in [2.45, 2.75) is 19.8 Å². The van der Waals surface area contributed by atoms with Crippen LogP contribution in [0.4, 0.5) is 10.5 Å². The van der Waals surface area contributed by atoms with Crippen LogP contribution in [0.1, 0.15) is 18.4 Å². The Bertz CT molecular complexity index is 339. The van der Waals surface area contributed by atoms with Gasteiger partial charge in [0.15, 0.2) is 0 Å². The van der Waals surface area contributed by atoms with Gasteiger partial charge in [-0.25, -0.2) is 4.79 Å². The Morgan fingerprint density at radius 3 is 2.40 bits per heavy atom. The minimum absolute atomic E-state index is 0.0244. The third kappa shape index (κ3) is 2.49. The van der Waals surface area contributed by atoms with Crippen LogP contribution in [0, 0.1) is 6.92 Å². The molecule has 0 atom stereocenters. The maximum absolute atomic E-state index is 11.7. The van der Waals surface area contributed by atoms with E-state index in [0.29, 0.717) is 0 Å². The van der Waals surface area contributed by atoms with Crippen LogP contribution < -0.4 is 5.32 Å². The predicted molar refractivity (Wildman–Crippen MR) is 61.0 cm³/mol. The van der Waals surface area contributed by atoms with Crippen molar-refractivity contribution >= 4 is 11.7 Å². The Morgan fingerprint density at radius 1 is 1.20 bits per heavy atom. The summed E-state index contributed by atoms with van der Waals surface area (Å²) in [5.41, 5.74) is 2.08. The third-order valence-electron chi connectivity index (χ3n) is 2.70. The van der Waals surface area contributed by atoms with E-state index < -0.39 is 0 Å². The number of amides is 2. The summed E-state index contributed by atoms with van der Waals surface area (Å²) in [5.74, 6) is 0. The molecule has 1 fully saturated rings. The Kier molecular flexibility index (Phi) is 2.90. The molecule has 0 radical (unpaired) electrons. The predicted octanol–water partition coefficient (Wildman–Crippen LogP) is 2.62. The molecule has 3 nitrogen and oxygen atoms in total. The first kappa shape index (κ1) is 10.0. The van der Waals surface area contributed by atoms with Crippen molar-refractivity contribution in [2.24, 2.45) is 0 Å². The second-order valence-electron chi connectivity index (χ2n) is 3.99. The maximum Gasteiger partial charge on any atom is 0.321 e. The number of anilines is 1. The van der Waals surface area contributed by atoms with Crippen LogP contribution in [0.3, 0.4) is 0 Å². The molecule has 80 valence electrons. The molecule has 1 aromatic rings. The van der Waals surface area contributed by atoms with Crippen LogP contribution in [0.15, 0.2) is 24.3 Å². The van der Waals surface area contributed by atoms with Crippen LogP contribution in [0.5, 0.6) is 0 Å². The zero-order valence-corrected chi connectivity index (χ0v) is 8.99. The molecule has 0 unspecified atom stereocenters. The summed E-state index contributed by atoms with van der Waals surface area (Å²) in [6.07, 6.45) is 2.25. The molecule has 0 spiro atoms. The minimum atomic E-state index is 0.0244. The van der Waals surface area contributed by atoms with Crippen molar-refractivity contribution in [3.8, 4) is 0 Å². The average molecular weight is 204 g/mol. The highest BCUT2D eigenvalue weighted by Crippen LogP contribution is 2.12. The number of carbonyl (C=O) groups excluding carboxylic acids is 1. The van der Waals surface area contributed by atoms with Crippen molar-refractivity contribution in [3.63, 3.8) is 0 Å². The molecule has 1 saturated heterocycles. The molecular weight excluding hydrogens is 188 g/mol. The van der Waals surface area contributed by atoms with Gasteiger partial charge < -0.3 is 10.2 Å². The summed E-state index contributed by atoms with van der Waals surface area (Å²) >= 11 is 0. The van der Waals surface area contributed by atoms with Crippen molar-refractivity contribution in [2.75, 3.05) is 18.4 Å². The summed E-state index contributed by atoms with van der Waals surface area (Å²) in [4.78, 5) is 13.6. The summed E-state index contributed by atoms with van der Waals surface area (Å²) < 4.78 is 0. The molecule has 0 saturated carbocycles. The fraction of sp³-hybridized carbons (Fsp3) is 0.417. The maximum atomic E-state index is 11.7. The quantitative estimate of drug-likeness (QED) is 0.749. The summed E-state index contributed by atoms with van der Waals surface area (Å²) in [6, 6.07) is 7.89. The van der Waals surface area contributed by atoms with Gasteiger partial charge in [-0.3, -0.25) is 0 Å². The Morgan fingerprint density at radius 2 is 1.80 bits per heavy atom. The molecule has 1 aliphatic heterocycles. The van der Waals surface area contributed by atoms with E-state index in [4.69, 9.17) is 0 Å². The van der Waals surface area contributed by atoms with E-state index in [2.05, 4.69) is 5.32 Å². The molecule has 1 aliphatic rings. The van der Waals surface area contributed by atoms with E-state index in [-0.39, 0.29) is 6.03 Å². The molecule has 1 heterocycles. The standard InChI is InChI=1S/C12H16N2O/c1-10-4-6-11(7-5-10)13-12(15)14-8-2-3-9-14/h4-7H,2-3,8-9H2,1H3,(H,13,15). The highest BCUT2D eigenvalue weighted by atomic mass is 16.2. The molecular formula is C12H16N2O. The number of nitrogens with one attached hydrogen (secondary N) is 1. The topological polar surface area (TPSA) is 32.3 Å². The molecule has 1 N–H and O–H groups in total. The fourth-order valence-electron chi connectivity index (χ4n) is 1.76. The highest BCUT2D eigenvalue weighted by Gasteiger charge is 2.17. The van der Waals surface area contributed by atoms with Gasteiger partial charge in [-0.15, -0.1) is 0 Å². The van der Waals surface area contributed by atoms with Crippen molar-refractivity contribution in [3.05, 3.63) is 29.8 Å². The molecule has 2 rings (SSSR count). The second kappa shape index (κ2) is 4.34. The lowest BCUT2D eigenvalue weighted by Crippen LogP contribution is -2.32. The number of hydrogen-bond donors (Lipinski definition) is 1. The van der Waals surface area contributed by atoms with Gasteiger partial charge in [0.25, 0.3) is 0 Å². The normalized spacial score (nSPS) is 15.4. The number of benzene rings is 1. The van der Waals surface area contributed by atoms with Crippen LogP contribution >= 0.6 is 0 Å². The number of aryl methyl sites for hydroxylation is 1. The number of hydrogen-bond acceptors (Lipinski definition) is 1. The minimum Gasteiger partial charge on any atom is -0.325 e. The molecule has 15 heavy (non-hydrogen) atoms.